The number of hydrogen-bond donors (Lipinski definition) is 6. The number of phosphoric ester groups is 1. The van der Waals surface area contributed by atoms with E-state index in [1.54, 1.807) is 0 Å². The third-order valence-corrected chi connectivity index (χ3v) is 14.5. The van der Waals surface area contributed by atoms with Gasteiger partial charge in [0.25, 0.3) is 0 Å². The molecule has 0 heterocycles. The van der Waals surface area contributed by atoms with Crippen molar-refractivity contribution in [3.8, 4) is 0 Å². The van der Waals surface area contributed by atoms with Gasteiger partial charge in [0.1, 0.15) is 43.2 Å². The molecule has 0 spiro atoms. The van der Waals surface area contributed by atoms with Crippen LogP contribution in [-0.4, -0.2) is 98.3 Å². The fourth-order valence-corrected chi connectivity index (χ4v) is 10.0. The number of hydrogen-bond acceptors (Lipinski definition) is 12. The lowest BCUT2D eigenvalue weighted by atomic mass is 9.85. The fraction of sp³-hybridized carbons (Fsp3) is 0.927. The van der Waals surface area contributed by atoms with Gasteiger partial charge in [-0.25, -0.2) is 4.57 Å². The van der Waals surface area contributed by atoms with Gasteiger partial charge in [0.2, 0.25) is 0 Å². The van der Waals surface area contributed by atoms with Gasteiger partial charge < -0.3 is 39.9 Å². The summed E-state index contributed by atoms with van der Waals surface area (Å²) in [4.78, 5) is 35.4. The zero-order valence-corrected chi connectivity index (χ0v) is 44.8. The lowest BCUT2D eigenvalue weighted by Crippen LogP contribution is -2.65. The molecule has 0 aromatic rings. The van der Waals surface area contributed by atoms with E-state index in [0.29, 0.717) is 12.8 Å². The first kappa shape index (κ1) is 65.6. The van der Waals surface area contributed by atoms with Gasteiger partial charge in [0.05, 0.1) is 6.61 Å². The van der Waals surface area contributed by atoms with E-state index in [-0.39, 0.29) is 12.8 Å². The number of esters is 2. The Morgan fingerprint density at radius 1 is 0.449 bits per heavy atom. The number of ether oxygens (including phenoxy) is 2. The fourth-order valence-electron chi connectivity index (χ4n) is 9.07. The largest absolute Gasteiger partial charge is 0.472 e. The molecule has 0 bridgehead atoms. The number of unbranched alkanes of at least 4 members (excludes halogenated alkanes) is 35. The zero-order valence-electron chi connectivity index (χ0n) is 43.9. The number of rotatable bonds is 49. The topological polar surface area (TPSA) is 210 Å². The van der Waals surface area contributed by atoms with Crippen LogP contribution in [0.5, 0.6) is 0 Å². The van der Waals surface area contributed by atoms with E-state index in [1.165, 1.54) is 186 Å². The Morgan fingerprint density at radius 2 is 0.768 bits per heavy atom. The molecule has 1 saturated carbocycles. The molecular weight excluding hydrogens is 900 g/mol. The average molecular weight is 1010 g/mol. The molecule has 1 aliphatic rings. The van der Waals surface area contributed by atoms with E-state index in [4.69, 9.17) is 18.5 Å². The Bertz CT molecular complexity index is 1270. The lowest BCUT2D eigenvalue weighted by Gasteiger charge is -2.43. The summed E-state index contributed by atoms with van der Waals surface area (Å²) in [6.07, 6.45) is 38.1. The van der Waals surface area contributed by atoms with E-state index < -0.39 is 75.7 Å². The van der Waals surface area contributed by atoms with Crippen LogP contribution in [0.15, 0.2) is 12.2 Å². The van der Waals surface area contributed by atoms with Crippen molar-refractivity contribution in [1.82, 2.24) is 0 Å². The van der Waals surface area contributed by atoms with Crippen molar-refractivity contribution in [2.45, 2.75) is 313 Å². The first-order valence-corrected chi connectivity index (χ1v) is 30.0. The third-order valence-electron chi connectivity index (χ3n) is 13.6. The van der Waals surface area contributed by atoms with Crippen molar-refractivity contribution in [2.24, 2.45) is 0 Å². The summed E-state index contributed by atoms with van der Waals surface area (Å²) in [5.74, 6) is -1.28. The standard InChI is InChI=1S/C55H105O13P/c1-3-5-7-9-11-13-15-17-18-19-20-21-22-23-24-25-26-27-28-29-30-32-33-35-37-39-41-43-48(57)65-45-47(56)46-66-69(63,64)68-55-53(62)51(60)50(59)52(61)54(55)67-49(58)44-42-40-38-36-34-31-16-14-12-10-8-6-4-2/h15,17,47,50-56,59-62H,3-14,16,18-46H2,1-2H3,(H,63,64)/b17-15+/t47-,50+,51+,52-,53-,54-,55+/m1/s1. The first-order chi connectivity index (χ1) is 33.4. The molecule has 1 aliphatic carbocycles. The van der Waals surface area contributed by atoms with Crippen LogP contribution >= 0.6 is 7.82 Å². The van der Waals surface area contributed by atoms with E-state index in [0.717, 1.165) is 44.9 Å². The van der Waals surface area contributed by atoms with Gasteiger partial charge in [-0.1, -0.05) is 231 Å². The minimum Gasteiger partial charge on any atom is -0.463 e. The molecule has 408 valence electrons. The summed E-state index contributed by atoms with van der Waals surface area (Å²) >= 11 is 0. The molecule has 69 heavy (non-hydrogen) atoms. The number of carbonyl (C=O) groups excluding carboxylic acids is 2. The molecule has 1 rings (SSSR count). The third kappa shape index (κ3) is 37.1. The Morgan fingerprint density at radius 3 is 1.14 bits per heavy atom. The van der Waals surface area contributed by atoms with Gasteiger partial charge in [0, 0.05) is 12.8 Å². The highest BCUT2D eigenvalue weighted by Crippen LogP contribution is 2.47. The molecule has 0 aliphatic heterocycles. The van der Waals surface area contributed by atoms with Gasteiger partial charge in [-0.2, -0.15) is 0 Å². The van der Waals surface area contributed by atoms with Gasteiger partial charge in [-0.15, -0.1) is 0 Å². The van der Waals surface area contributed by atoms with E-state index >= 15 is 0 Å². The maximum absolute atomic E-state index is 12.9. The molecule has 6 N–H and O–H groups in total. The number of aliphatic hydroxyl groups is 5. The van der Waals surface area contributed by atoms with Gasteiger partial charge in [-0.05, 0) is 38.5 Å². The number of phosphoric acid groups is 1. The van der Waals surface area contributed by atoms with Gasteiger partial charge in [0.15, 0.2) is 6.10 Å². The quantitative estimate of drug-likeness (QED) is 0.0145. The molecule has 13 nitrogen and oxygen atoms in total. The Hall–Kier alpha value is -1.41. The first-order valence-electron chi connectivity index (χ1n) is 28.5. The molecule has 14 heteroatoms. The second-order valence-corrected chi connectivity index (χ2v) is 21.6. The van der Waals surface area contributed by atoms with Crippen LogP contribution in [0, 0.1) is 0 Å². The summed E-state index contributed by atoms with van der Waals surface area (Å²) in [6, 6.07) is 0. The molecule has 1 fully saturated rings. The Kier molecular flexibility index (Phi) is 43.0. The van der Waals surface area contributed by atoms with Crippen LogP contribution in [0.4, 0.5) is 0 Å². The highest BCUT2D eigenvalue weighted by molar-refractivity contribution is 7.47. The number of aliphatic hydroxyl groups excluding tert-OH is 5. The summed E-state index contributed by atoms with van der Waals surface area (Å²) in [5, 5.41) is 52.0. The summed E-state index contributed by atoms with van der Waals surface area (Å²) in [6.45, 7) is 3.20. The number of carbonyl (C=O) groups is 2. The maximum atomic E-state index is 12.9. The van der Waals surface area contributed by atoms with Gasteiger partial charge >= 0.3 is 19.8 Å². The molecule has 0 aromatic heterocycles. The monoisotopic (exact) mass is 1000 g/mol. The second kappa shape index (κ2) is 45.2. The van der Waals surface area contributed by atoms with Crippen LogP contribution in [0.3, 0.4) is 0 Å². The smallest absolute Gasteiger partial charge is 0.463 e. The van der Waals surface area contributed by atoms with Crippen LogP contribution in [-0.2, 0) is 32.7 Å². The lowest BCUT2D eigenvalue weighted by molar-refractivity contribution is -0.231. The normalized spacial score (nSPS) is 20.9. The van der Waals surface area contributed by atoms with Crippen LogP contribution in [0.2, 0.25) is 0 Å². The molecule has 0 aromatic carbocycles. The molecular formula is C55H105O13P. The second-order valence-electron chi connectivity index (χ2n) is 20.2. The van der Waals surface area contributed by atoms with Crippen molar-refractivity contribution >= 4 is 19.8 Å². The summed E-state index contributed by atoms with van der Waals surface area (Å²) in [5.41, 5.74) is 0. The molecule has 0 radical (unpaired) electrons. The zero-order chi connectivity index (χ0) is 50.6. The highest BCUT2D eigenvalue weighted by Gasteiger charge is 2.53. The molecule has 0 saturated heterocycles. The minimum atomic E-state index is -5.12. The molecule has 8 atom stereocenters. The minimum absolute atomic E-state index is 0.0283. The van der Waals surface area contributed by atoms with Crippen molar-refractivity contribution < 1.29 is 63.1 Å². The average Bonchev–Trinajstić information content (AvgIpc) is 3.33. The van der Waals surface area contributed by atoms with E-state index in [2.05, 4.69) is 26.0 Å². The van der Waals surface area contributed by atoms with Crippen molar-refractivity contribution in [3.63, 3.8) is 0 Å². The summed E-state index contributed by atoms with van der Waals surface area (Å²) < 4.78 is 33.2. The SMILES string of the molecule is CCCCCCC/C=C/CCCCCCCCCCCCCCCCCCCCC(=O)OC[C@@H](O)COP(=O)(O)O[C@H]1[C@H](O)[C@@H](O)[C@H](O)[C@@H](O)[C@H]1OC(=O)CCCCCCCCCCCCCCC. The molecule has 1 unspecified atom stereocenters. The van der Waals surface area contributed by atoms with Crippen molar-refractivity contribution in [3.05, 3.63) is 12.2 Å². The van der Waals surface area contributed by atoms with E-state index in [9.17, 15) is 44.6 Å². The van der Waals surface area contributed by atoms with E-state index in [1.807, 2.05) is 0 Å². The van der Waals surface area contributed by atoms with Crippen molar-refractivity contribution in [2.75, 3.05) is 13.2 Å². The Balaban J connectivity index is 2.11. The van der Waals surface area contributed by atoms with Crippen LogP contribution in [0.25, 0.3) is 0 Å². The van der Waals surface area contributed by atoms with Crippen LogP contribution < -0.4 is 0 Å². The van der Waals surface area contributed by atoms with Crippen molar-refractivity contribution in [1.29, 1.82) is 0 Å². The Labute approximate surface area is 420 Å². The van der Waals surface area contributed by atoms with Crippen LogP contribution in [0.1, 0.15) is 271 Å². The van der Waals surface area contributed by atoms with Gasteiger partial charge in [-0.3, -0.25) is 18.6 Å². The number of allylic oxidation sites excluding steroid dienone is 2. The molecule has 0 amide bonds. The maximum Gasteiger partial charge on any atom is 0.472 e. The predicted octanol–water partition coefficient (Wildman–Crippen LogP) is 13.0. The highest BCUT2D eigenvalue weighted by atomic mass is 31.2. The summed E-state index contributed by atoms with van der Waals surface area (Å²) in [7, 11) is -5.12. The predicted molar refractivity (Wildman–Crippen MR) is 277 cm³/mol.